The number of pyridine rings is 1. The van der Waals surface area contributed by atoms with Crippen LogP contribution in [0.1, 0.15) is 32.2 Å². The largest absolute Gasteiger partial charge is 0.443 e. The minimum atomic E-state index is -4.52. The van der Waals surface area contributed by atoms with Gasteiger partial charge in [-0.2, -0.15) is 13.2 Å². The highest BCUT2D eigenvalue weighted by Gasteiger charge is 2.35. The van der Waals surface area contributed by atoms with Crippen molar-refractivity contribution in [1.82, 2.24) is 14.5 Å². The SMILES string of the molecule is Cc1c2c(n(C)c(=O)c1Cl)CN(C(=O)c1ccc3nc(C(F)(F)F)sc3c1)C2. The van der Waals surface area contributed by atoms with Crippen LogP contribution in [0.25, 0.3) is 10.2 Å². The van der Waals surface area contributed by atoms with E-state index in [9.17, 15) is 22.8 Å². The molecular weight excluding hydrogens is 415 g/mol. The lowest BCUT2D eigenvalue weighted by atomic mass is 10.1. The first kappa shape index (κ1) is 18.9. The van der Waals surface area contributed by atoms with Gasteiger partial charge in [-0.3, -0.25) is 9.59 Å². The number of carbonyl (C=O) groups is 1. The standard InChI is InChI=1S/C18H13ClF3N3O2S/c1-8-10-6-25(7-12(10)24(2)16(27)14(8)19)15(26)9-3-4-11-13(5-9)28-17(23-11)18(20,21)22/h3-5H,6-7H2,1-2H3. The second-order valence-electron chi connectivity index (χ2n) is 6.59. The second kappa shape index (κ2) is 6.31. The Morgan fingerprint density at radius 2 is 2.00 bits per heavy atom. The first-order valence-electron chi connectivity index (χ1n) is 8.22. The van der Waals surface area contributed by atoms with Crippen molar-refractivity contribution in [3.8, 4) is 0 Å². The van der Waals surface area contributed by atoms with Crippen molar-refractivity contribution in [1.29, 1.82) is 0 Å². The van der Waals surface area contributed by atoms with Gasteiger partial charge in [0.05, 0.1) is 16.8 Å². The summed E-state index contributed by atoms with van der Waals surface area (Å²) in [7, 11) is 1.60. The molecule has 28 heavy (non-hydrogen) atoms. The maximum Gasteiger partial charge on any atom is 0.443 e. The fourth-order valence-electron chi connectivity index (χ4n) is 3.33. The lowest BCUT2D eigenvalue weighted by Gasteiger charge is -2.15. The molecule has 0 radical (unpaired) electrons. The van der Waals surface area contributed by atoms with Gasteiger partial charge in [-0.1, -0.05) is 11.6 Å². The molecule has 0 saturated heterocycles. The Morgan fingerprint density at radius 3 is 2.68 bits per heavy atom. The van der Waals surface area contributed by atoms with Gasteiger partial charge in [0.1, 0.15) is 5.02 Å². The van der Waals surface area contributed by atoms with Crippen LogP contribution >= 0.6 is 22.9 Å². The van der Waals surface area contributed by atoms with E-state index in [0.29, 0.717) is 27.3 Å². The Bertz CT molecular complexity index is 1200. The summed E-state index contributed by atoms with van der Waals surface area (Å²) in [6, 6.07) is 4.30. The molecule has 4 rings (SSSR count). The molecule has 1 amide bonds. The van der Waals surface area contributed by atoms with Gasteiger partial charge in [-0.25, -0.2) is 4.98 Å². The van der Waals surface area contributed by atoms with E-state index in [0.717, 1.165) is 5.56 Å². The highest BCUT2D eigenvalue weighted by molar-refractivity contribution is 7.18. The predicted molar refractivity (Wildman–Crippen MR) is 99.6 cm³/mol. The Morgan fingerprint density at radius 1 is 1.29 bits per heavy atom. The molecule has 0 atom stereocenters. The number of hydrogen-bond acceptors (Lipinski definition) is 4. The second-order valence-corrected chi connectivity index (χ2v) is 8.00. The van der Waals surface area contributed by atoms with Gasteiger partial charge in [-0.05, 0) is 36.2 Å². The lowest BCUT2D eigenvalue weighted by Crippen LogP contribution is -2.26. The van der Waals surface area contributed by atoms with Crippen LogP contribution in [0.2, 0.25) is 5.02 Å². The van der Waals surface area contributed by atoms with E-state index in [4.69, 9.17) is 11.6 Å². The molecule has 146 valence electrons. The normalized spacial score (nSPS) is 14.0. The molecule has 3 aromatic rings. The number of thiazole rings is 1. The zero-order valence-corrected chi connectivity index (χ0v) is 16.3. The van der Waals surface area contributed by atoms with Crippen LogP contribution in [-0.4, -0.2) is 20.4 Å². The number of halogens is 4. The van der Waals surface area contributed by atoms with Crippen molar-refractivity contribution in [2.75, 3.05) is 0 Å². The molecule has 2 aromatic heterocycles. The number of aromatic nitrogens is 2. The minimum absolute atomic E-state index is 0.126. The smallest absolute Gasteiger partial charge is 0.328 e. The molecule has 1 aliphatic heterocycles. The summed E-state index contributed by atoms with van der Waals surface area (Å²) < 4.78 is 40.3. The average Bonchev–Trinajstić information content (AvgIpc) is 3.27. The number of fused-ring (bicyclic) bond motifs is 2. The molecule has 5 nitrogen and oxygen atoms in total. The number of amides is 1. The molecule has 0 saturated carbocycles. The van der Waals surface area contributed by atoms with E-state index >= 15 is 0 Å². The van der Waals surface area contributed by atoms with Crippen LogP contribution in [0, 0.1) is 6.92 Å². The van der Waals surface area contributed by atoms with Crippen LogP contribution in [0.4, 0.5) is 13.2 Å². The molecule has 0 N–H and O–H groups in total. The van der Waals surface area contributed by atoms with Gasteiger partial charge >= 0.3 is 6.18 Å². The minimum Gasteiger partial charge on any atom is -0.328 e. The van der Waals surface area contributed by atoms with E-state index in [1.54, 1.807) is 18.9 Å². The molecule has 0 bridgehead atoms. The molecule has 10 heteroatoms. The van der Waals surface area contributed by atoms with Gasteiger partial charge in [0.15, 0.2) is 5.01 Å². The highest BCUT2D eigenvalue weighted by atomic mass is 35.5. The monoisotopic (exact) mass is 427 g/mol. The number of alkyl halides is 3. The summed E-state index contributed by atoms with van der Waals surface area (Å²) in [5.74, 6) is -0.331. The fourth-order valence-corrected chi connectivity index (χ4v) is 4.44. The molecule has 0 aliphatic carbocycles. The van der Waals surface area contributed by atoms with Crippen LogP contribution in [0.5, 0.6) is 0 Å². The molecule has 0 unspecified atom stereocenters. The zero-order valence-electron chi connectivity index (χ0n) is 14.7. The summed E-state index contributed by atoms with van der Waals surface area (Å²) in [5, 5.41) is -0.817. The van der Waals surface area contributed by atoms with Gasteiger partial charge in [0.25, 0.3) is 11.5 Å². The van der Waals surface area contributed by atoms with Crippen molar-refractivity contribution in [2.24, 2.45) is 7.05 Å². The number of hydrogen-bond donors (Lipinski definition) is 0. The van der Waals surface area contributed by atoms with E-state index in [1.807, 2.05) is 0 Å². The molecule has 0 fully saturated rings. The summed E-state index contributed by atoms with van der Waals surface area (Å²) in [6.07, 6.45) is -4.52. The lowest BCUT2D eigenvalue weighted by molar-refractivity contribution is -0.137. The van der Waals surface area contributed by atoms with Gasteiger partial charge in [0.2, 0.25) is 0 Å². The van der Waals surface area contributed by atoms with E-state index in [-0.39, 0.29) is 40.7 Å². The van der Waals surface area contributed by atoms with Crippen LogP contribution in [-0.2, 0) is 26.3 Å². The van der Waals surface area contributed by atoms with Crippen molar-refractivity contribution < 1.29 is 18.0 Å². The maximum absolute atomic E-state index is 12.9. The molecule has 1 aromatic carbocycles. The van der Waals surface area contributed by atoms with Crippen LogP contribution in [0.15, 0.2) is 23.0 Å². The first-order chi connectivity index (χ1) is 13.1. The third kappa shape index (κ3) is 2.89. The summed E-state index contributed by atoms with van der Waals surface area (Å²) in [4.78, 5) is 30.2. The highest BCUT2D eigenvalue weighted by Crippen LogP contribution is 2.36. The Kier molecular flexibility index (Phi) is 4.27. The Hall–Kier alpha value is -2.39. The van der Waals surface area contributed by atoms with Crippen LogP contribution < -0.4 is 5.56 Å². The maximum atomic E-state index is 12.9. The Balaban J connectivity index is 1.68. The Labute approximate surface area is 166 Å². The quantitative estimate of drug-likeness (QED) is 0.586. The van der Waals surface area contributed by atoms with Crippen molar-refractivity contribution in [2.45, 2.75) is 26.2 Å². The van der Waals surface area contributed by atoms with Crippen molar-refractivity contribution in [3.63, 3.8) is 0 Å². The molecule has 1 aliphatic rings. The third-order valence-corrected chi connectivity index (χ3v) is 6.39. The fraction of sp³-hybridized carbons (Fsp3) is 0.278. The van der Waals surface area contributed by atoms with E-state index < -0.39 is 11.2 Å². The van der Waals surface area contributed by atoms with Gasteiger partial charge in [0, 0.05) is 24.8 Å². The summed E-state index contributed by atoms with van der Waals surface area (Å²) in [5.41, 5.74) is 2.31. The number of rotatable bonds is 1. The molecular formula is C18H13ClF3N3O2S. The number of carbonyl (C=O) groups excluding carboxylic acids is 1. The zero-order chi connectivity index (χ0) is 20.4. The van der Waals surface area contributed by atoms with Gasteiger partial charge < -0.3 is 9.47 Å². The van der Waals surface area contributed by atoms with Crippen LogP contribution in [0.3, 0.4) is 0 Å². The first-order valence-corrected chi connectivity index (χ1v) is 9.41. The molecule has 0 spiro atoms. The third-order valence-electron chi connectivity index (χ3n) is 4.88. The van der Waals surface area contributed by atoms with E-state index in [2.05, 4.69) is 4.98 Å². The number of nitrogens with zero attached hydrogens (tertiary/aromatic N) is 3. The number of benzene rings is 1. The average molecular weight is 428 g/mol. The summed E-state index contributed by atoms with van der Waals surface area (Å²) >= 11 is 6.59. The van der Waals surface area contributed by atoms with Crippen molar-refractivity contribution >= 4 is 39.1 Å². The predicted octanol–water partition coefficient (Wildman–Crippen LogP) is 4.13. The van der Waals surface area contributed by atoms with E-state index in [1.165, 1.54) is 22.8 Å². The van der Waals surface area contributed by atoms with Gasteiger partial charge in [-0.15, -0.1) is 11.3 Å². The summed E-state index contributed by atoms with van der Waals surface area (Å²) in [6.45, 7) is 2.24. The molecule has 3 heterocycles. The van der Waals surface area contributed by atoms with Crippen molar-refractivity contribution in [3.05, 3.63) is 61.0 Å². The topological polar surface area (TPSA) is 55.2 Å².